The lowest BCUT2D eigenvalue weighted by atomic mass is 10.2. The van der Waals surface area contributed by atoms with Crippen LogP contribution in [0.2, 0.25) is 0 Å². The predicted molar refractivity (Wildman–Crippen MR) is 75.3 cm³/mol. The van der Waals surface area contributed by atoms with Gasteiger partial charge in [0.2, 0.25) is 5.91 Å². The average molecular weight is 293 g/mol. The van der Waals surface area contributed by atoms with Crippen molar-refractivity contribution in [3.63, 3.8) is 0 Å². The van der Waals surface area contributed by atoms with Gasteiger partial charge in [-0.15, -0.1) is 0 Å². The maximum Gasteiger partial charge on any atom is 0.324 e. The lowest BCUT2D eigenvalue weighted by Gasteiger charge is -2.20. The third-order valence-corrected chi connectivity index (χ3v) is 2.79. The van der Waals surface area contributed by atoms with E-state index in [-0.39, 0.29) is 19.3 Å². The second-order valence-electron chi connectivity index (χ2n) is 4.44. The molecule has 0 unspecified atom stereocenters. The average Bonchev–Trinajstić information content (AvgIpc) is 2.45. The molecule has 0 saturated heterocycles. The highest BCUT2D eigenvalue weighted by molar-refractivity contribution is 5.94. The quantitative estimate of drug-likeness (QED) is 0.791. The van der Waals surface area contributed by atoms with Gasteiger partial charge in [-0.25, -0.2) is 4.79 Å². The molecule has 0 aliphatic carbocycles. The van der Waals surface area contributed by atoms with Crippen molar-refractivity contribution in [2.24, 2.45) is 0 Å². The van der Waals surface area contributed by atoms with Gasteiger partial charge >= 0.3 is 12.0 Å². The number of aromatic nitrogens is 1. The van der Waals surface area contributed by atoms with Gasteiger partial charge < -0.3 is 10.0 Å². The lowest BCUT2D eigenvalue weighted by Crippen LogP contribution is -2.42. The smallest absolute Gasteiger partial charge is 0.324 e. The molecule has 7 nitrogen and oxygen atoms in total. The van der Waals surface area contributed by atoms with E-state index < -0.39 is 17.9 Å². The number of nitrogens with one attached hydrogen (secondary N) is 1. The minimum Gasteiger partial charge on any atom is -0.481 e. The number of rotatable bonds is 7. The zero-order valence-corrected chi connectivity index (χ0v) is 11.9. The maximum atomic E-state index is 11.9. The number of aliphatic carboxylic acids is 1. The summed E-state index contributed by atoms with van der Waals surface area (Å²) in [5.74, 6) is -1.43. The molecule has 7 heteroatoms. The normalized spacial score (nSPS) is 9.95. The van der Waals surface area contributed by atoms with Crippen molar-refractivity contribution in [2.75, 3.05) is 6.54 Å². The first-order valence-corrected chi connectivity index (χ1v) is 6.73. The van der Waals surface area contributed by atoms with Crippen molar-refractivity contribution < 1.29 is 19.5 Å². The number of urea groups is 1. The van der Waals surface area contributed by atoms with E-state index in [1.807, 2.05) is 6.07 Å². The van der Waals surface area contributed by atoms with Crippen molar-refractivity contribution in [3.05, 3.63) is 30.1 Å². The van der Waals surface area contributed by atoms with Crippen molar-refractivity contribution in [1.82, 2.24) is 15.2 Å². The Balaban J connectivity index is 2.44. The van der Waals surface area contributed by atoms with E-state index >= 15 is 0 Å². The molecule has 0 aromatic carbocycles. The van der Waals surface area contributed by atoms with Gasteiger partial charge in [0, 0.05) is 25.6 Å². The molecule has 1 aromatic heterocycles. The van der Waals surface area contributed by atoms with Gasteiger partial charge in [0.05, 0.1) is 12.2 Å². The van der Waals surface area contributed by atoms with Gasteiger partial charge in [0.1, 0.15) is 0 Å². The Morgan fingerprint density at radius 3 is 2.62 bits per heavy atom. The molecule has 1 rings (SSSR count). The van der Waals surface area contributed by atoms with Crippen LogP contribution in [0.4, 0.5) is 4.79 Å². The monoisotopic (exact) mass is 293 g/mol. The van der Waals surface area contributed by atoms with E-state index in [0.29, 0.717) is 13.1 Å². The molecule has 0 aliphatic rings. The number of carboxylic acids is 1. The Hall–Kier alpha value is -2.44. The summed E-state index contributed by atoms with van der Waals surface area (Å²) in [6.45, 7) is 2.55. The Morgan fingerprint density at radius 2 is 2.05 bits per heavy atom. The van der Waals surface area contributed by atoms with Crippen LogP contribution in [0.5, 0.6) is 0 Å². The molecule has 114 valence electrons. The van der Waals surface area contributed by atoms with Gasteiger partial charge in [0.25, 0.3) is 0 Å². The third kappa shape index (κ3) is 6.51. The van der Waals surface area contributed by atoms with Crippen molar-refractivity contribution in [2.45, 2.75) is 32.7 Å². The molecule has 2 N–H and O–H groups in total. The minimum atomic E-state index is -0.959. The number of carbonyl (C=O) groups is 3. The fraction of sp³-hybridized carbons (Fsp3) is 0.429. The second-order valence-corrected chi connectivity index (χ2v) is 4.44. The van der Waals surface area contributed by atoms with E-state index in [1.54, 1.807) is 25.3 Å². The summed E-state index contributed by atoms with van der Waals surface area (Å²) in [7, 11) is 0. The summed E-state index contributed by atoms with van der Waals surface area (Å²) in [6, 6.07) is 4.91. The van der Waals surface area contributed by atoms with E-state index in [9.17, 15) is 14.4 Å². The molecule has 0 aliphatic heterocycles. The number of imide groups is 1. The van der Waals surface area contributed by atoms with E-state index in [1.165, 1.54) is 4.90 Å². The lowest BCUT2D eigenvalue weighted by molar-refractivity contribution is -0.137. The Labute approximate surface area is 123 Å². The molecule has 21 heavy (non-hydrogen) atoms. The topological polar surface area (TPSA) is 99.6 Å². The van der Waals surface area contributed by atoms with Gasteiger partial charge in [-0.1, -0.05) is 6.07 Å². The standard InChI is InChI=1S/C14H19N3O4/c1-2-17(10-11-6-3-4-9-15-11)14(21)16-12(18)7-5-8-13(19)20/h3-4,6,9H,2,5,7-8,10H2,1H3,(H,19,20)(H,16,18,21). The van der Waals surface area contributed by atoms with Crippen LogP contribution in [0.25, 0.3) is 0 Å². The summed E-state index contributed by atoms with van der Waals surface area (Å²) in [6.07, 6.45) is 1.77. The number of hydrogen-bond donors (Lipinski definition) is 2. The van der Waals surface area contributed by atoms with Crippen LogP contribution in [0.15, 0.2) is 24.4 Å². The fourth-order valence-electron chi connectivity index (χ4n) is 1.68. The summed E-state index contributed by atoms with van der Waals surface area (Å²) in [5.41, 5.74) is 0.729. The Morgan fingerprint density at radius 1 is 1.29 bits per heavy atom. The van der Waals surface area contributed by atoms with Crippen molar-refractivity contribution >= 4 is 17.9 Å². The van der Waals surface area contributed by atoms with E-state index in [2.05, 4.69) is 10.3 Å². The minimum absolute atomic E-state index is 0.0131. The third-order valence-electron chi connectivity index (χ3n) is 2.79. The largest absolute Gasteiger partial charge is 0.481 e. The molecular formula is C14H19N3O4. The van der Waals surface area contributed by atoms with Crippen molar-refractivity contribution in [3.8, 4) is 0 Å². The molecule has 0 saturated carbocycles. The SMILES string of the molecule is CCN(Cc1ccccn1)C(=O)NC(=O)CCCC(=O)O. The first kappa shape index (κ1) is 16.6. The number of amides is 3. The molecule has 0 bridgehead atoms. The van der Waals surface area contributed by atoms with Gasteiger partial charge in [-0.2, -0.15) is 0 Å². The second kappa shape index (κ2) is 8.68. The van der Waals surface area contributed by atoms with Crippen LogP contribution in [-0.2, 0) is 16.1 Å². The van der Waals surface area contributed by atoms with Crippen molar-refractivity contribution in [1.29, 1.82) is 0 Å². The van der Waals surface area contributed by atoms with Crippen LogP contribution < -0.4 is 5.32 Å². The number of carbonyl (C=O) groups excluding carboxylic acids is 2. The molecular weight excluding hydrogens is 274 g/mol. The first-order valence-electron chi connectivity index (χ1n) is 6.73. The molecule has 1 aromatic rings. The van der Waals surface area contributed by atoms with Crippen LogP contribution in [0, 0.1) is 0 Å². The maximum absolute atomic E-state index is 11.9. The number of hydrogen-bond acceptors (Lipinski definition) is 4. The summed E-state index contributed by atoms with van der Waals surface area (Å²) in [5, 5.41) is 10.7. The zero-order valence-electron chi connectivity index (χ0n) is 11.9. The predicted octanol–water partition coefficient (Wildman–Crippen LogP) is 1.39. The fourth-order valence-corrected chi connectivity index (χ4v) is 1.68. The molecule has 0 atom stereocenters. The van der Waals surface area contributed by atoms with Crippen LogP contribution in [0.3, 0.4) is 0 Å². The highest BCUT2D eigenvalue weighted by Crippen LogP contribution is 2.02. The molecule has 0 spiro atoms. The number of carboxylic acid groups (broad SMARTS) is 1. The van der Waals surface area contributed by atoms with Gasteiger partial charge in [-0.3, -0.25) is 19.9 Å². The van der Waals surface area contributed by atoms with Gasteiger partial charge in [-0.05, 0) is 25.5 Å². The summed E-state index contributed by atoms with van der Waals surface area (Å²) < 4.78 is 0. The molecule has 1 heterocycles. The summed E-state index contributed by atoms with van der Waals surface area (Å²) in [4.78, 5) is 39.4. The molecule has 0 fully saturated rings. The molecule has 0 radical (unpaired) electrons. The van der Waals surface area contributed by atoms with E-state index in [0.717, 1.165) is 5.69 Å². The van der Waals surface area contributed by atoms with Crippen LogP contribution in [0.1, 0.15) is 31.9 Å². The Kier molecular flexibility index (Phi) is 6.86. The Bertz CT molecular complexity index is 490. The van der Waals surface area contributed by atoms with Crippen LogP contribution >= 0.6 is 0 Å². The van der Waals surface area contributed by atoms with Gasteiger partial charge in [0.15, 0.2) is 0 Å². The highest BCUT2D eigenvalue weighted by atomic mass is 16.4. The zero-order chi connectivity index (χ0) is 15.7. The molecule has 3 amide bonds. The number of nitrogens with zero attached hydrogens (tertiary/aromatic N) is 2. The van der Waals surface area contributed by atoms with E-state index in [4.69, 9.17) is 5.11 Å². The summed E-state index contributed by atoms with van der Waals surface area (Å²) >= 11 is 0. The highest BCUT2D eigenvalue weighted by Gasteiger charge is 2.15. The van der Waals surface area contributed by atoms with Crippen LogP contribution in [-0.4, -0.2) is 39.4 Å². The number of pyridine rings is 1. The first-order chi connectivity index (χ1) is 10.0.